The first-order chi connectivity index (χ1) is 6.16. The summed E-state index contributed by atoms with van der Waals surface area (Å²) < 4.78 is 30.6. The molecule has 1 aliphatic heterocycles. The SMILES string of the molecule is NC1COc2cc(F)c(F)cc2C1. The van der Waals surface area contributed by atoms with E-state index in [1.165, 1.54) is 0 Å². The van der Waals surface area contributed by atoms with E-state index >= 15 is 0 Å². The first-order valence-corrected chi connectivity index (χ1v) is 4.03. The maximum Gasteiger partial charge on any atom is 0.162 e. The monoisotopic (exact) mass is 185 g/mol. The molecule has 0 saturated carbocycles. The smallest absolute Gasteiger partial charge is 0.162 e. The molecule has 0 amide bonds. The van der Waals surface area contributed by atoms with E-state index < -0.39 is 11.6 Å². The molecule has 1 aromatic carbocycles. The van der Waals surface area contributed by atoms with Gasteiger partial charge in [-0.3, -0.25) is 0 Å². The summed E-state index contributed by atoms with van der Waals surface area (Å²) in [7, 11) is 0. The van der Waals surface area contributed by atoms with Gasteiger partial charge in [-0.25, -0.2) is 8.78 Å². The highest BCUT2D eigenvalue weighted by atomic mass is 19.2. The third-order valence-corrected chi connectivity index (χ3v) is 2.04. The molecule has 1 unspecified atom stereocenters. The lowest BCUT2D eigenvalue weighted by molar-refractivity contribution is 0.260. The molecule has 1 aromatic rings. The number of halogens is 2. The second-order valence-corrected chi connectivity index (χ2v) is 3.15. The summed E-state index contributed by atoms with van der Waals surface area (Å²) in [5.41, 5.74) is 6.23. The van der Waals surface area contributed by atoms with Crippen molar-refractivity contribution in [1.82, 2.24) is 0 Å². The van der Waals surface area contributed by atoms with Crippen molar-refractivity contribution in [3.05, 3.63) is 29.3 Å². The molecule has 0 aliphatic carbocycles. The van der Waals surface area contributed by atoms with Gasteiger partial charge < -0.3 is 10.5 Å². The van der Waals surface area contributed by atoms with Crippen LogP contribution in [0, 0.1) is 11.6 Å². The lowest BCUT2D eigenvalue weighted by Crippen LogP contribution is -2.33. The largest absolute Gasteiger partial charge is 0.492 e. The summed E-state index contributed by atoms with van der Waals surface area (Å²) >= 11 is 0. The zero-order valence-corrected chi connectivity index (χ0v) is 6.89. The van der Waals surface area contributed by atoms with E-state index in [0.29, 0.717) is 24.3 Å². The number of fused-ring (bicyclic) bond motifs is 1. The number of ether oxygens (including phenoxy) is 1. The fourth-order valence-electron chi connectivity index (χ4n) is 1.40. The van der Waals surface area contributed by atoms with Gasteiger partial charge in [-0.2, -0.15) is 0 Å². The number of hydrogen-bond acceptors (Lipinski definition) is 2. The minimum Gasteiger partial charge on any atom is -0.492 e. The molecule has 1 atom stereocenters. The summed E-state index contributed by atoms with van der Waals surface area (Å²) in [5.74, 6) is -1.33. The second kappa shape index (κ2) is 2.96. The van der Waals surface area contributed by atoms with E-state index in [1.54, 1.807) is 0 Å². The molecule has 0 fully saturated rings. The number of nitrogens with two attached hydrogens (primary N) is 1. The zero-order valence-electron chi connectivity index (χ0n) is 6.89. The molecule has 1 heterocycles. The van der Waals surface area contributed by atoms with Crippen molar-refractivity contribution in [2.24, 2.45) is 5.73 Å². The highest BCUT2D eigenvalue weighted by Crippen LogP contribution is 2.26. The molecule has 0 aromatic heterocycles. The predicted molar refractivity (Wildman–Crippen MR) is 43.5 cm³/mol. The summed E-state index contributed by atoms with van der Waals surface area (Å²) in [6.07, 6.45) is 0.534. The van der Waals surface area contributed by atoms with E-state index in [4.69, 9.17) is 10.5 Å². The molecule has 0 spiro atoms. The van der Waals surface area contributed by atoms with E-state index in [-0.39, 0.29) is 6.04 Å². The first-order valence-electron chi connectivity index (χ1n) is 4.03. The van der Waals surface area contributed by atoms with Crippen LogP contribution in [-0.4, -0.2) is 12.6 Å². The molecule has 0 bridgehead atoms. The van der Waals surface area contributed by atoms with Gasteiger partial charge in [0.25, 0.3) is 0 Å². The van der Waals surface area contributed by atoms with Crippen LogP contribution >= 0.6 is 0 Å². The Morgan fingerprint density at radius 3 is 2.77 bits per heavy atom. The van der Waals surface area contributed by atoms with E-state index in [0.717, 1.165) is 12.1 Å². The van der Waals surface area contributed by atoms with Crippen LogP contribution in [0.1, 0.15) is 5.56 Å². The first kappa shape index (κ1) is 8.44. The van der Waals surface area contributed by atoms with Crippen molar-refractivity contribution in [3.8, 4) is 5.75 Å². The third kappa shape index (κ3) is 1.49. The Morgan fingerprint density at radius 1 is 1.31 bits per heavy atom. The van der Waals surface area contributed by atoms with Crippen LogP contribution in [0.25, 0.3) is 0 Å². The Bertz CT molecular complexity index is 341. The molecule has 2 nitrogen and oxygen atoms in total. The summed E-state index contributed by atoms with van der Waals surface area (Å²) in [5, 5.41) is 0. The Labute approximate surface area is 74.3 Å². The fraction of sp³-hybridized carbons (Fsp3) is 0.333. The summed E-state index contributed by atoms with van der Waals surface area (Å²) in [4.78, 5) is 0. The molecule has 0 radical (unpaired) electrons. The minimum absolute atomic E-state index is 0.127. The molecule has 0 saturated heterocycles. The van der Waals surface area contributed by atoms with Gasteiger partial charge in [0.1, 0.15) is 12.4 Å². The Kier molecular flexibility index (Phi) is 1.92. The molecular weight excluding hydrogens is 176 g/mol. The molecular formula is C9H9F2NO. The van der Waals surface area contributed by atoms with E-state index in [2.05, 4.69) is 0 Å². The van der Waals surface area contributed by atoms with Crippen LogP contribution in [0.4, 0.5) is 8.78 Å². The van der Waals surface area contributed by atoms with Crippen molar-refractivity contribution in [2.75, 3.05) is 6.61 Å². The molecule has 1 aliphatic rings. The van der Waals surface area contributed by atoms with Gasteiger partial charge in [0.05, 0.1) is 0 Å². The lowest BCUT2D eigenvalue weighted by atomic mass is 10.0. The maximum absolute atomic E-state index is 12.8. The topological polar surface area (TPSA) is 35.2 Å². The van der Waals surface area contributed by atoms with Crippen LogP contribution in [0.15, 0.2) is 12.1 Å². The van der Waals surface area contributed by atoms with Gasteiger partial charge >= 0.3 is 0 Å². The van der Waals surface area contributed by atoms with Gasteiger partial charge in [-0.05, 0) is 18.1 Å². The van der Waals surface area contributed by atoms with Crippen molar-refractivity contribution in [2.45, 2.75) is 12.5 Å². The maximum atomic E-state index is 12.8. The van der Waals surface area contributed by atoms with Crippen molar-refractivity contribution in [3.63, 3.8) is 0 Å². The molecule has 13 heavy (non-hydrogen) atoms. The van der Waals surface area contributed by atoms with Gasteiger partial charge in [0.2, 0.25) is 0 Å². The normalized spacial score (nSPS) is 20.7. The fourth-order valence-corrected chi connectivity index (χ4v) is 1.40. The Morgan fingerprint density at radius 2 is 2.00 bits per heavy atom. The van der Waals surface area contributed by atoms with Gasteiger partial charge in [-0.1, -0.05) is 0 Å². The van der Waals surface area contributed by atoms with Crippen molar-refractivity contribution in [1.29, 1.82) is 0 Å². The van der Waals surface area contributed by atoms with E-state index in [9.17, 15) is 8.78 Å². The Hall–Kier alpha value is -1.16. The quantitative estimate of drug-likeness (QED) is 0.659. The van der Waals surface area contributed by atoms with E-state index in [1.807, 2.05) is 0 Å². The highest BCUT2D eigenvalue weighted by molar-refractivity contribution is 5.36. The highest BCUT2D eigenvalue weighted by Gasteiger charge is 2.19. The average Bonchev–Trinajstić information content (AvgIpc) is 2.08. The number of rotatable bonds is 0. The minimum atomic E-state index is -0.880. The molecule has 4 heteroatoms. The van der Waals surface area contributed by atoms with Crippen LogP contribution in [-0.2, 0) is 6.42 Å². The predicted octanol–water partition coefficient (Wildman–Crippen LogP) is 1.23. The lowest BCUT2D eigenvalue weighted by Gasteiger charge is -2.22. The molecule has 70 valence electrons. The van der Waals surface area contributed by atoms with Gasteiger partial charge in [0, 0.05) is 12.1 Å². The number of hydrogen-bond donors (Lipinski definition) is 1. The second-order valence-electron chi connectivity index (χ2n) is 3.15. The molecule has 2 N–H and O–H groups in total. The van der Waals surface area contributed by atoms with Gasteiger partial charge in [0.15, 0.2) is 11.6 Å². The van der Waals surface area contributed by atoms with Crippen molar-refractivity contribution >= 4 is 0 Å². The van der Waals surface area contributed by atoms with Crippen LogP contribution in [0.5, 0.6) is 5.75 Å². The standard InChI is InChI=1S/C9H9F2NO/c10-7-2-5-1-6(12)4-13-9(5)3-8(7)11/h2-3,6H,1,4,12H2. The van der Waals surface area contributed by atoms with Crippen LogP contribution in [0.2, 0.25) is 0 Å². The van der Waals surface area contributed by atoms with Crippen LogP contribution < -0.4 is 10.5 Å². The zero-order chi connectivity index (χ0) is 9.42. The summed E-state index contributed by atoms with van der Waals surface area (Å²) in [6, 6.07) is 2.08. The van der Waals surface area contributed by atoms with Crippen molar-refractivity contribution < 1.29 is 13.5 Å². The summed E-state index contributed by atoms with van der Waals surface area (Å²) in [6.45, 7) is 0.359. The molecule has 2 rings (SSSR count). The van der Waals surface area contributed by atoms with Gasteiger partial charge in [-0.15, -0.1) is 0 Å². The van der Waals surface area contributed by atoms with Crippen LogP contribution in [0.3, 0.4) is 0 Å². The Balaban J connectivity index is 2.43. The average molecular weight is 185 g/mol. The number of benzene rings is 1. The third-order valence-electron chi connectivity index (χ3n) is 2.04.